The Morgan fingerprint density at radius 1 is 1.21 bits per heavy atom. The molecule has 0 atom stereocenters. The molecule has 0 saturated heterocycles. The first-order valence-corrected chi connectivity index (χ1v) is 6.17. The largest absolute Gasteiger partial charge is 0.218 e. The van der Waals surface area contributed by atoms with Crippen molar-refractivity contribution in [2.45, 2.75) is 18.1 Å². The van der Waals surface area contributed by atoms with Crippen LogP contribution in [0.15, 0.2) is 24.3 Å². The number of sulfonamides is 1. The maximum Gasteiger partial charge on any atom is 0.214 e. The van der Waals surface area contributed by atoms with E-state index in [1.54, 1.807) is 0 Å². The van der Waals surface area contributed by atoms with Crippen molar-refractivity contribution in [3.05, 3.63) is 35.4 Å². The van der Waals surface area contributed by atoms with Crippen molar-refractivity contribution >= 4 is 10.0 Å². The van der Waals surface area contributed by atoms with Gasteiger partial charge < -0.3 is 0 Å². The van der Waals surface area contributed by atoms with E-state index in [1.165, 1.54) is 7.05 Å². The molecule has 2 rings (SSSR count). The lowest BCUT2D eigenvalue weighted by molar-refractivity contribution is 0.572. The van der Waals surface area contributed by atoms with Gasteiger partial charge in [-0.25, -0.2) is 13.1 Å². The van der Waals surface area contributed by atoms with E-state index in [0.29, 0.717) is 12.8 Å². The van der Waals surface area contributed by atoms with Crippen molar-refractivity contribution in [2.75, 3.05) is 7.05 Å². The van der Waals surface area contributed by atoms with Crippen LogP contribution in [0.1, 0.15) is 11.1 Å². The van der Waals surface area contributed by atoms with Gasteiger partial charge in [0.1, 0.15) is 0 Å². The van der Waals surface area contributed by atoms with Crippen LogP contribution >= 0.6 is 0 Å². The molecule has 0 bridgehead atoms. The normalized spacial score (nSPS) is 16.9. The van der Waals surface area contributed by atoms with E-state index in [1.807, 2.05) is 24.3 Å². The summed E-state index contributed by atoms with van der Waals surface area (Å²) in [5, 5.41) is -0.287. The van der Waals surface area contributed by atoms with E-state index < -0.39 is 10.0 Å². The average molecular weight is 211 g/mol. The van der Waals surface area contributed by atoms with Crippen LogP contribution in [-0.2, 0) is 22.9 Å². The third-order valence-electron chi connectivity index (χ3n) is 2.74. The molecule has 1 aliphatic rings. The molecule has 0 heterocycles. The second-order valence-corrected chi connectivity index (χ2v) is 5.71. The zero-order chi connectivity index (χ0) is 10.2. The Kier molecular flexibility index (Phi) is 2.33. The van der Waals surface area contributed by atoms with Gasteiger partial charge >= 0.3 is 0 Å². The first kappa shape index (κ1) is 9.68. The molecule has 0 spiro atoms. The van der Waals surface area contributed by atoms with Gasteiger partial charge in [0.15, 0.2) is 0 Å². The first-order chi connectivity index (χ1) is 6.63. The second-order valence-electron chi connectivity index (χ2n) is 3.55. The molecule has 0 aliphatic heterocycles. The Morgan fingerprint density at radius 3 is 2.14 bits per heavy atom. The fraction of sp³-hybridized carbons (Fsp3) is 0.400. The van der Waals surface area contributed by atoms with Gasteiger partial charge in [0.05, 0.1) is 5.25 Å². The first-order valence-electron chi connectivity index (χ1n) is 4.62. The topological polar surface area (TPSA) is 46.2 Å². The molecule has 0 fully saturated rings. The maximum absolute atomic E-state index is 11.6. The zero-order valence-corrected chi connectivity index (χ0v) is 8.84. The van der Waals surface area contributed by atoms with Crippen LogP contribution in [0.4, 0.5) is 0 Å². The Balaban J connectivity index is 2.28. The number of benzene rings is 1. The molecule has 76 valence electrons. The molecule has 3 nitrogen and oxygen atoms in total. The fourth-order valence-corrected chi connectivity index (χ4v) is 3.04. The van der Waals surface area contributed by atoms with Crippen LogP contribution in [-0.4, -0.2) is 20.7 Å². The molecule has 0 saturated carbocycles. The van der Waals surface area contributed by atoms with Crippen LogP contribution in [0.2, 0.25) is 0 Å². The summed E-state index contributed by atoms with van der Waals surface area (Å²) in [7, 11) is -1.65. The van der Waals surface area contributed by atoms with E-state index in [9.17, 15) is 8.42 Å². The van der Waals surface area contributed by atoms with Crippen LogP contribution in [0.3, 0.4) is 0 Å². The van der Waals surface area contributed by atoms with Crippen molar-refractivity contribution in [3.8, 4) is 0 Å². The molecule has 1 aromatic carbocycles. The van der Waals surface area contributed by atoms with Gasteiger partial charge in [-0.05, 0) is 31.0 Å². The van der Waals surface area contributed by atoms with Crippen molar-refractivity contribution in [2.24, 2.45) is 0 Å². The average Bonchev–Trinajstić information content (AvgIpc) is 2.61. The second kappa shape index (κ2) is 3.37. The summed E-state index contributed by atoms with van der Waals surface area (Å²) >= 11 is 0. The Morgan fingerprint density at radius 2 is 1.71 bits per heavy atom. The molecule has 0 unspecified atom stereocenters. The van der Waals surface area contributed by atoms with Crippen molar-refractivity contribution in [1.82, 2.24) is 4.72 Å². The number of fused-ring (bicyclic) bond motifs is 1. The molecule has 0 aromatic heterocycles. The van der Waals surface area contributed by atoms with Gasteiger partial charge in [0.2, 0.25) is 10.0 Å². The fourth-order valence-electron chi connectivity index (χ4n) is 1.90. The van der Waals surface area contributed by atoms with E-state index in [2.05, 4.69) is 4.72 Å². The van der Waals surface area contributed by atoms with Gasteiger partial charge in [-0.3, -0.25) is 0 Å². The number of nitrogens with one attached hydrogen (secondary N) is 1. The minimum absolute atomic E-state index is 0.287. The Hall–Kier alpha value is -0.870. The van der Waals surface area contributed by atoms with E-state index in [0.717, 1.165) is 11.1 Å². The summed E-state index contributed by atoms with van der Waals surface area (Å²) in [6.45, 7) is 0. The van der Waals surface area contributed by atoms with Gasteiger partial charge in [0.25, 0.3) is 0 Å². The molecule has 1 aliphatic carbocycles. The molecule has 1 N–H and O–H groups in total. The van der Waals surface area contributed by atoms with Crippen LogP contribution in [0, 0.1) is 0 Å². The molecule has 14 heavy (non-hydrogen) atoms. The number of hydrogen-bond acceptors (Lipinski definition) is 2. The molecule has 0 radical (unpaired) electrons. The van der Waals surface area contributed by atoms with Crippen molar-refractivity contribution in [1.29, 1.82) is 0 Å². The molecule has 4 heteroatoms. The minimum Gasteiger partial charge on any atom is -0.218 e. The van der Waals surface area contributed by atoms with Gasteiger partial charge in [-0.1, -0.05) is 24.3 Å². The molecule has 0 amide bonds. The third-order valence-corrected chi connectivity index (χ3v) is 4.52. The monoisotopic (exact) mass is 211 g/mol. The van der Waals surface area contributed by atoms with E-state index in [-0.39, 0.29) is 5.25 Å². The number of rotatable bonds is 2. The Bertz CT molecular complexity index is 414. The van der Waals surface area contributed by atoms with Gasteiger partial charge in [0, 0.05) is 0 Å². The van der Waals surface area contributed by atoms with Gasteiger partial charge in [-0.2, -0.15) is 0 Å². The van der Waals surface area contributed by atoms with Gasteiger partial charge in [-0.15, -0.1) is 0 Å². The lowest BCUT2D eigenvalue weighted by Crippen LogP contribution is -2.32. The minimum atomic E-state index is -3.12. The quantitative estimate of drug-likeness (QED) is 0.783. The summed E-state index contributed by atoms with van der Waals surface area (Å²) in [6, 6.07) is 7.90. The maximum atomic E-state index is 11.6. The zero-order valence-electron chi connectivity index (χ0n) is 8.03. The molecule has 1 aromatic rings. The number of hydrogen-bond donors (Lipinski definition) is 1. The highest BCUT2D eigenvalue weighted by molar-refractivity contribution is 7.90. The smallest absolute Gasteiger partial charge is 0.214 e. The van der Waals surface area contributed by atoms with E-state index >= 15 is 0 Å². The lowest BCUT2D eigenvalue weighted by atomic mass is 10.1. The SMILES string of the molecule is CNS(=O)(=O)C1Cc2ccccc2C1. The van der Waals surface area contributed by atoms with Crippen LogP contribution in [0.5, 0.6) is 0 Å². The predicted octanol–water partition coefficient (Wildman–Crippen LogP) is 0.703. The van der Waals surface area contributed by atoms with Crippen LogP contribution in [0.25, 0.3) is 0 Å². The molecular formula is C10H13NO2S. The summed E-state index contributed by atoms with van der Waals surface area (Å²) in [5.41, 5.74) is 2.33. The van der Waals surface area contributed by atoms with Crippen LogP contribution < -0.4 is 4.72 Å². The predicted molar refractivity (Wildman–Crippen MR) is 55.6 cm³/mol. The standard InChI is InChI=1S/C10H13NO2S/c1-11-14(12,13)10-6-8-4-2-3-5-9(8)7-10/h2-5,10-11H,6-7H2,1H3. The van der Waals surface area contributed by atoms with Crippen molar-refractivity contribution in [3.63, 3.8) is 0 Å². The highest BCUT2D eigenvalue weighted by atomic mass is 32.2. The van der Waals surface area contributed by atoms with Crippen molar-refractivity contribution < 1.29 is 8.42 Å². The summed E-state index contributed by atoms with van der Waals surface area (Å²) in [4.78, 5) is 0. The summed E-state index contributed by atoms with van der Waals surface area (Å²) < 4.78 is 25.5. The Labute approximate surface area is 84.2 Å². The highest BCUT2D eigenvalue weighted by Crippen LogP contribution is 2.25. The lowest BCUT2D eigenvalue weighted by Gasteiger charge is -2.08. The summed E-state index contributed by atoms with van der Waals surface area (Å²) in [6.07, 6.45) is 1.28. The third kappa shape index (κ3) is 1.55. The van der Waals surface area contributed by atoms with E-state index in [4.69, 9.17) is 0 Å². The highest BCUT2D eigenvalue weighted by Gasteiger charge is 2.30. The summed E-state index contributed by atoms with van der Waals surface area (Å²) in [5.74, 6) is 0. The molecular weight excluding hydrogens is 198 g/mol.